The van der Waals surface area contributed by atoms with Crippen LogP contribution in [0.4, 0.5) is 0 Å². The molecule has 0 fully saturated rings. The van der Waals surface area contributed by atoms with Gasteiger partial charge in [-0.1, -0.05) is 6.07 Å². The third-order valence-electron chi connectivity index (χ3n) is 3.31. The summed E-state index contributed by atoms with van der Waals surface area (Å²) in [4.78, 5) is 11.7. The van der Waals surface area contributed by atoms with Crippen molar-refractivity contribution in [3.8, 4) is 11.5 Å². The fourth-order valence-corrected chi connectivity index (χ4v) is 2.20. The van der Waals surface area contributed by atoms with Gasteiger partial charge in [-0.25, -0.2) is 0 Å². The summed E-state index contributed by atoms with van der Waals surface area (Å²) in [5.41, 5.74) is 1.07. The molecule has 1 aromatic carbocycles. The zero-order valence-electron chi connectivity index (χ0n) is 12.2. The molecule has 1 heterocycles. The van der Waals surface area contributed by atoms with Crippen molar-refractivity contribution in [2.24, 2.45) is 0 Å². The van der Waals surface area contributed by atoms with E-state index in [4.69, 9.17) is 9.47 Å². The Balaban J connectivity index is 2.02. The van der Waals surface area contributed by atoms with Gasteiger partial charge < -0.3 is 14.8 Å². The number of ether oxygens (including phenoxy) is 2. The monoisotopic (exact) mass is 278 g/mol. The van der Waals surface area contributed by atoms with Crippen LogP contribution in [0, 0.1) is 0 Å². The second-order valence-corrected chi connectivity index (χ2v) is 4.91. The zero-order valence-corrected chi connectivity index (χ0v) is 12.2. The molecule has 0 aliphatic carbocycles. The number of fused-ring (bicyclic) bond motifs is 1. The quantitative estimate of drug-likeness (QED) is 0.859. The molecule has 1 aliphatic rings. The minimum absolute atomic E-state index is 0.0110. The lowest BCUT2D eigenvalue weighted by Gasteiger charge is -2.23. The van der Waals surface area contributed by atoms with Gasteiger partial charge in [0, 0.05) is 12.6 Å². The Kier molecular flexibility index (Phi) is 4.84. The molecule has 2 rings (SSSR count). The zero-order chi connectivity index (χ0) is 14.5. The molecule has 1 aromatic rings. The van der Waals surface area contributed by atoms with Gasteiger partial charge in [0.25, 0.3) is 0 Å². The van der Waals surface area contributed by atoms with Gasteiger partial charge >= 0.3 is 0 Å². The Bertz CT molecular complexity index is 476. The van der Waals surface area contributed by atoms with Crippen molar-refractivity contribution in [3.05, 3.63) is 23.8 Å². The number of amides is 1. The normalized spacial score (nSPS) is 16.4. The number of likely N-dealkylation sites (N-methyl/N-ethyl adjacent to an activating group) is 1. The summed E-state index contributed by atoms with van der Waals surface area (Å²) in [5, 5.41) is 6.09. The van der Waals surface area contributed by atoms with Crippen LogP contribution in [0.3, 0.4) is 0 Å². The number of carbonyl (C=O) groups is 1. The van der Waals surface area contributed by atoms with Crippen molar-refractivity contribution in [2.75, 3.05) is 19.8 Å². The number of nitrogens with one attached hydrogen (secondary N) is 2. The molecule has 0 spiro atoms. The Morgan fingerprint density at radius 3 is 2.65 bits per heavy atom. The Labute approximate surface area is 119 Å². The van der Waals surface area contributed by atoms with E-state index in [2.05, 4.69) is 10.6 Å². The van der Waals surface area contributed by atoms with Crippen molar-refractivity contribution in [2.45, 2.75) is 32.9 Å². The third kappa shape index (κ3) is 3.42. The second kappa shape index (κ2) is 6.61. The first-order chi connectivity index (χ1) is 9.61. The fourth-order valence-electron chi connectivity index (χ4n) is 2.20. The highest BCUT2D eigenvalue weighted by Crippen LogP contribution is 2.32. The predicted octanol–water partition coefficient (Wildman–Crippen LogP) is 1.63. The Morgan fingerprint density at radius 1 is 1.25 bits per heavy atom. The molecule has 0 radical (unpaired) electrons. The maximum atomic E-state index is 11.7. The van der Waals surface area contributed by atoms with E-state index in [0.29, 0.717) is 19.8 Å². The van der Waals surface area contributed by atoms with E-state index in [1.54, 1.807) is 0 Å². The highest BCUT2D eigenvalue weighted by Gasteiger charge is 2.18. The molecular weight excluding hydrogens is 256 g/mol. The SMILES string of the molecule is CCNC(=O)C(C)NC(C)c1ccc2c(c1)OCCO2. The van der Waals surface area contributed by atoms with E-state index in [-0.39, 0.29) is 18.0 Å². The van der Waals surface area contributed by atoms with Gasteiger partial charge in [0.15, 0.2) is 11.5 Å². The third-order valence-corrected chi connectivity index (χ3v) is 3.31. The van der Waals surface area contributed by atoms with E-state index in [9.17, 15) is 4.79 Å². The maximum absolute atomic E-state index is 11.7. The van der Waals surface area contributed by atoms with Gasteiger partial charge in [0.05, 0.1) is 6.04 Å². The number of rotatable bonds is 5. The molecule has 1 aliphatic heterocycles. The van der Waals surface area contributed by atoms with Gasteiger partial charge in [-0.05, 0) is 38.5 Å². The van der Waals surface area contributed by atoms with Crippen molar-refractivity contribution >= 4 is 5.91 Å². The molecule has 2 unspecified atom stereocenters. The molecule has 1 amide bonds. The molecule has 0 saturated heterocycles. The molecule has 2 N–H and O–H groups in total. The van der Waals surface area contributed by atoms with Crippen molar-refractivity contribution < 1.29 is 14.3 Å². The molecule has 2 atom stereocenters. The summed E-state index contributed by atoms with van der Waals surface area (Å²) >= 11 is 0. The maximum Gasteiger partial charge on any atom is 0.236 e. The summed E-state index contributed by atoms with van der Waals surface area (Å²) in [6, 6.07) is 5.70. The molecule has 110 valence electrons. The highest BCUT2D eigenvalue weighted by atomic mass is 16.6. The van der Waals surface area contributed by atoms with Gasteiger partial charge in [-0.3, -0.25) is 10.1 Å². The molecule has 5 heteroatoms. The summed E-state index contributed by atoms with van der Waals surface area (Å²) in [6.07, 6.45) is 0. The smallest absolute Gasteiger partial charge is 0.236 e. The van der Waals surface area contributed by atoms with Crippen LogP contribution in [0.1, 0.15) is 32.4 Å². The van der Waals surface area contributed by atoms with E-state index in [0.717, 1.165) is 17.1 Å². The molecule has 0 saturated carbocycles. The molecule has 20 heavy (non-hydrogen) atoms. The lowest BCUT2D eigenvalue weighted by molar-refractivity contribution is -0.122. The summed E-state index contributed by atoms with van der Waals surface area (Å²) in [6.45, 7) is 7.61. The molecule has 5 nitrogen and oxygen atoms in total. The van der Waals surface area contributed by atoms with Crippen molar-refractivity contribution in [3.63, 3.8) is 0 Å². The number of hydrogen-bond donors (Lipinski definition) is 2. The average molecular weight is 278 g/mol. The summed E-state index contributed by atoms with van der Waals surface area (Å²) in [7, 11) is 0. The van der Waals surface area contributed by atoms with E-state index in [1.165, 1.54) is 0 Å². The number of hydrogen-bond acceptors (Lipinski definition) is 4. The topological polar surface area (TPSA) is 59.6 Å². The van der Waals surface area contributed by atoms with E-state index in [1.807, 2.05) is 39.0 Å². The van der Waals surface area contributed by atoms with Crippen LogP contribution in [0.25, 0.3) is 0 Å². The predicted molar refractivity (Wildman–Crippen MR) is 77.1 cm³/mol. The fraction of sp³-hybridized carbons (Fsp3) is 0.533. The first-order valence-electron chi connectivity index (χ1n) is 7.05. The minimum atomic E-state index is -0.238. The number of benzene rings is 1. The molecule has 0 aromatic heterocycles. The van der Waals surface area contributed by atoms with Crippen LogP contribution < -0.4 is 20.1 Å². The lowest BCUT2D eigenvalue weighted by Crippen LogP contribution is -2.43. The molecular formula is C15H22N2O3. The minimum Gasteiger partial charge on any atom is -0.486 e. The largest absolute Gasteiger partial charge is 0.486 e. The highest BCUT2D eigenvalue weighted by molar-refractivity contribution is 5.81. The standard InChI is InChI=1S/C15H22N2O3/c1-4-16-15(18)11(3)17-10(2)12-5-6-13-14(9-12)20-8-7-19-13/h5-6,9-11,17H,4,7-8H2,1-3H3,(H,16,18). The van der Waals surface area contributed by atoms with Crippen molar-refractivity contribution in [1.82, 2.24) is 10.6 Å². The van der Waals surface area contributed by atoms with Crippen molar-refractivity contribution in [1.29, 1.82) is 0 Å². The van der Waals surface area contributed by atoms with Gasteiger partial charge in [0.1, 0.15) is 13.2 Å². The first kappa shape index (κ1) is 14.7. The van der Waals surface area contributed by atoms with Crippen LogP contribution in [0.2, 0.25) is 0 Å². The van der Waals surface area contributed by atoms with Gasteiger partial charge in [-0.2, -0.15) is 0 Å². The average Bonchev–Trinajstić information content (AvgIpc) is 2.46. The van der Waals surface area contributed by atoms with Gasteiger partial charge in [0.2, 0.25) is 5.91 Å². The first-order valence-corrected chi connectivity index (χ1v) is 7.05. The van der Waals surface area contributed by atoms with E-state index >= 15 is 0 Å². The van der Waals surface area contributed by atoms with Crippen LogP contribution in [0.15, 0.2) is 18.2 Å². The Morgan fingerprint density at radius 2 is 1.95 bits per heavy atom. The van der Waals surface area contributed by atoms with Crippen LogP contribution in [-0.2, 0) is 4.79 Å². The lowest BCUT2D eigenvalue weighted by atomic mass is 10.1. The van der Waals surface area contributed by atoms with E-state index < -0.39 is 0 Å². The van der Waals surface area contributed by atoms with Crippen LogP contribution in [-0.4, -0.2) is 31.7 Å². The summed E-state index contributed by atoms with van der Waals surface area (Å²) < 4.78 is 11.1. The Hall–Kier alpha value is -1.75. The second-order valence-electron chi connectivity index (χ2n) is 4.91. The number of carbonyl (C=O) groups excluding carboxylic acids is 1. The van der Waals surface area contributed by atoms with Gasteiger partial charge in [-0.15, -0.1) is 0 Å². The molecule has 0 bridgehead atoms. The van der Waals surface area contributed by atoms with Crippen LogP contribution in [0.5, 0.6) is 11.5 Å². The summed E-state index contributed by atoms with van der Waals surface area (Å²) in [5.74, 6) is 1.56. The van der Waals surface area contributed by atoms with Crippen LogP contribution >= 0.6 is 0 Å².